The second-order valence-corrected chi connectivity index (χ2v) is 4.81. The van der Waals surface area contributed by atoms with E-state index in [4.69, 9.17) is 16.3 Å². The number of nitrogens with one attached hydrogen (secondary N) is 1. The maximum atomic E-state index is 6.16. The summed E-state index contributed by atoms with van der Waals surface area (Å²) >= 11 is 6.16. The van der Waals surface area contributed by atoms with Gasteiger partial charge in [-0.15, -0.1) is 0 Å². The Morgan fingerprint density at radius 1 is 1.11 bits per heavy atom. The second-order valence-electron chi connectivity index (χ2n) is 4.40. The van der Waals surface area contributed by atoms with Gasteiger partial charge in [-0.2, -0.15) is 0 Å². The van der Waals surface area contributed by atoms with Gasteiger partial charge in [-0.25, -0.2) is 0 Å². The van der Waals surface area contributed by atoms with Crippen LogP contribution < -0.4 is 10.1 Å². The maximum absolute atomic E-state index is 6.16. The summed E-state index contributed by atoms with van der Waals surface area (Å²) in [4.78, 5) is 0. The van der Waals surface area contributed by atoms with Crippen LogP contribution in [0.3, 0.4) is 0 Å². The molecule has 1 N–H and O–H groups in total. The van der Waals surface area contributed by atoms with Gasteiger partial charge in [-0.05, 0) is 47.4 Å². The normalized spacial score (nSPS) is 13.0. The zero-order chi connectivity index (χ0) is 12.5. The Morgan fingerprint density at radius 3 is 2.67 bits per heavy atom. The average Bonchev–Trinajstić information content (AvgIpc) is 2.85. The third-order valence-corrected chi connectivity index (χ3v) is 3.60. The van der Waals surface area contributed by atoms with Crippen molar-refractivity contribution >= 4 is 17.3 Å². The molecule has 0 radical (unpaired) electrons. The minimum absolute atomic E-state index is 0.647. The number of methoxy groups -OCH3 is 1. The van der Waals surface area contributed by atoms with Gasteiger partial charge in [0.25, 0.3) is 0 Å². The lowest BCUT2D eigenvalue weighted by atomic mass is 10.0. The van der Waals surface area contributed by atoms with Crippen LogP contribution in [-0.4, -0.2) is 13.7 Å². The molecule has 0 fully saturated rings. The van der Waals surface area contributed by atoms with Gasteiger partial charge < -0.3 is 10.1 Å². The largest absolute Gasteiger partial charge is 0.495 e. The van der Waals surface area contributed by atoms with E-state index < -0.39 is 0 Å². The molecule has 1 heterocycles. The minimum atomic E-state index is 0.647. The second kappa shape index (κ2) is 4.54. The quantitative estimate of drug-likeness (QED) is 0.881. The molecule has 2 aromatic carbocycles. The molecule has 3 heteroatoms. The molecule has 18 heavy (non-hydrogen) atoms. The van der Waals surface area contributed by atoms with E-state index in [0.29, 0.717) is 10.8 Å². The van der Waals surface area contributed by atoms with Gasteiger partial charge >= 0.3 is 0 Å². The molecule has 0 aromatic heterocycles. The van der Waals surface area contributed by atoms with E-state index in [0.717, 1.165) is 18.5 Å². The van der Waals surface area contributed by atoms with Gasteiger partial charge in [0.1, 0.15) is 5.75 Å². The molecule has 0 aliphatic carbocycles. The summed E-state index contributed by atoms with van der Waals surface area (Å²) < 4.78 is 5.17. The van der Waals surface area contributed by atoms with E-state index in [2.05, 4.69) is 23.5 Å². The summed E-state index contributed by atoms with van der Waals surface area (Å²) in [5.74, 6) is 0.711. The molecule has 3 rings (SSSR count). The van der Waals surface area contributed by atoms with Crippen molar-refractivity contribution in [1.29, 1.82) is 0 Å². The van der Waals surface area contributed by atoms with Crippen LogP contribution in [0.4, 0.5) is 5.69 Å². The first-order valence-corrected chi connectivity index (χ1v) is 6.36. The van der Waals surface area contributed by atoms with Crippen LogP contribution >= 0.6 is 11.6 Å². The van der Waals surface area contributed by atoms with Gasteiger partial charge in [-0.3, -0.25) is 0 Å². The molecule has 2 aromatic rings. The van der Waals surface area contributed by atoms with Crippen molar-refractivity contribution < 1.29 is 4.74 Å². The summed E-state index contributed by atoms with van der Waals surface area (Å²) in [6, 6.07) is 12.4. The number of anilines is 1. The lowest BCUT2D eigenvalue weighted by Crippen LogP contribution is -1.90. The first kappa shape index (κ1) is 11.4. The van der Waals surface area contributed by atoms with Crippen LogP contribution in [0.15, 0.2) is 36.4 Å². The van der Waals surface area contributed by atoms with Crippen molar-refractivity contribution in [3.05, 3.63) is 47.0 Å². The van der Waals surface area contributed by atoms with Gasteiger partial charge in [0, 0.05) is 12.2 Å². The van der Waals surface area contributed by atoms with Gasteiger partial charge in [0.15, 0.2) is 0 Å². The van der Waals surface area contributed by atoms with Gasteiger partial charge in [0.05, 0.1) is 12.1 Å². The van der Waals surface area contributed by atoms with E-state index >= 15 is 0 Å². The Labute approximate surface area is 112 Å². The fraction of sp³-hybridized carbons (Fsp3) is 0.200. The Balaban J connectivity index is 2.02. The van der Waals surface area contributed by atoms with Crippen molar-refractivity contribution in [2.45, 2.75) is 6.42 Å². The zero-order valence-corrected chi connectivity index (χ0v) is 10.9. The molecule has 1 aliphatic heterocycles. The fourth-order valence-corrected chi connectivity index (χ4v) is 2.59. The molecule has 0 spiro atoms. The summed E-state index contributed by atoms with van der Waals surface area (Å²) in [5, 5.41) is 4.01. The Bertz CT molecular complexity index is 595. The molecule has 1 aliphatic rings. The number of fused-ring (bicyclic) bond motifs is 1. The van der Waals surface area contributed by atoms with Gasteiger partial charge in [0.2, 0.25) is 0 Å². The summed E-state index contributed by atoms with van der Waals surface area (Å²) in [5.41, 5.74) is 4.94. The zero-order valence-electron chi connectivity index (χ0n) is 10.2. The van der Waals surface area contributed by atoms with E-state index in [1.807, 2.05) is 18.2 Å². The van der Waals surface area contributed by atoms with E-state index in [-0.39, 0.29) is 0 Å². The Kier molecular flexibility index (Phi) is 2.88. The SMILES string of the molecule is COc1ccc(-c2ccc3c(c2)CCN3)cc1Cl. The Hall–Kier alpha value is -1.67. The van der Waals surface area contributed by atoms with Crippen molar-refractivity contribution in [3.8, 4) is 16.9 Å². The highest BCUT2D eigenvalue weighted by Crippen LogP contribution is 2.33. The molecular weight excluding hydrogens is 246 g/mol. The van der Waals surface area contributed by atoms with Crippen molar-refractivity contribution in [2.24, 2.45) is 0 Å². The molecule has 0 saturated heterocycles. The molecule has 0 atom stereocenters. The van der Waals surface area contributed by atoms with E-state index in [1.165, 1.54) is 16.8 Å². The number of hydrogen-bond acceptors (Lipinski definition) is 2. The topological polar surface area (TPSA) is 21.3 Å². The maximum Gasteiger partial charge on any atom is 0.137 e. The van der Waals surface area contributed by atoms with Crippen molar-refractivity contribution in [3.63, 3.8) is 0 Å². The highest BCUT2D eigenvalue weighted by molar-refractivity contribution is 6.32. The molecule has 92 valence electrons. The Morgan fingerprint density at radius 2 is 1.89 bits per heavy atom. The van der Waals surface area contributed by atoms with Crippen LogP contribution in [0.2, 0.25) is 5.02 Å². The predicted octanol–water partition coefficient (Wildman–Crippen LogP) is 3.98. The minimum Gasteiger partial charge on any atom is -0.495 e. The van der Waals surface area contributed by atoms with Crippen LogP contribution in [0, 0.1) is 0 Å². The molecule has 0 bridgehead atoms. The van der Waals surface area contributed by atoms with Gasteiger partial charge in [-0.1, -0.05) is 23.7 Å². The summed E-state index contributed by atoms with van der Waals surface area (Å²) in [6.45, 7) is 1.03. The third kappa shape index (κ3) is 1.93. The van der Waals surface area contributed by atoms with Crippen LogP contribution in [0.1, 0.15) is 5.56 Å². The molecule has 0 amide bonds. The molecule has 0 unspecified atom stereocenters. The highest BCUT2D eigenvalue weighted by atomic mass is 35.5. The first-order chi connectivity index (χ1) is 8.78. The number of halogens is 1. The highest BCUT2D eigenvalue weighted by Gasteiger charge is 2.11. The van der Waals surface area contributed by atoms with E-state index in [1.54, 1.807) is 7.11 Å². The lowest BCUT2D eigenvalue weighted by molar-refractivity contribution is 0.415. The summed E-state index contributed by atoms with van der Waals surface area (Å²) in [6.07, 6.45) is 1.09. The first-order valence-electron chi connectivity index (χ1n) is 5.98. The van der Waals surface area contributed by atoms with Crippen molar-refractivity contribution in [1.82, 2.24) is 0 Å². The predicted molar refractivity (Wildman–Crippen MR) is 75.6 cm³/mol. The molecular formula is C15H14ClNO. The number of rotatable bonds is 2. The summed E-state index contributed by atoms with van der Waals surface area (Å²) in [7, 11) is 1.63. The number of ether oxygens (including phenoxy) is 1. The van der Waals surface area contributed by atoms with Crippen molar-refractivity contribution in [2.75, 3.05) is 19.0 Å². The monoisotopic (exact) mass is 259 g/mol. The molecule has 2 nitrogen and oxygen atoms in total. The van der Waals surface area contributed by atoms with Crippen LogP contribution in [0.5, 0.6) is 5.75 Å². The van der Waals surface area contributed by atoms with E-state index in [9.17, 15) is 0 Å². The standard InChI is InChI=1S/C15H14ClNO/c1-18-15-5-3-11(9-13(15)16)10-2-4-14-12(8-10)6-7-17-14/h2-5,8-9,17H,6-7H2,1H3. The smallest absolute Gasteiger partial charge is 0.137 e. The number of benzene rings is 2. The molecule has 0 saturated carbocycles. The third-order valence-electron chi connectivity index (χ3n) is 3.30. The van der Waals surface area contributed by atoms with Crippen LogP contribution in [-0.2, 0) is 6.42 Å². The number of hydrogen-bond donors (Lipinski definition) is 1. The average molecular weight is 260 g/mol. The van der Waals surface area contributed by atoms with Crippen LogP contribution in [0.25, 0.3) is 11.1 Å². The fourth-order valence-electron chi connectivity index (χ4n) is 2.33. The lowest BCUT2D eigenvalue weighted by Gasteiger charge is -2.08.